The quantitative estimate of drug-likeness (QED) is 0.866. The van der Waals surface area contributed by atoms with Crippen molar-refractivity contribution in [1.29, 1.82) is 0 Å². The average molecular weight is 335 g/mol. The second kappa shape index (κ2) is 8.33. The van der Waals surface area contributed by atoms with E-state index in [1.807, 2.05) is 20.8 Å². The van der Waals surface area contributed by atoms with Gasteiger partial charge in [-0.2, -0.15) is 0 Å². The van der Waals surface area contributed by atoms with Crippen molar-refractivity contribution in [3.05, 3.63) is 59.7 Å². The zero-order chi connectivity index (χ0) is 17.5. The summed E-state index contributed by atoms with van der Waals surface area (Å²) in [6.07, 6.45) is 0. The molecule has 0 saturated carbocycles. The van der Waals surface area contributed by atoms with Crippen LogP contribution >= 0.6 is 0 Å². The summed E-state index contributed by atoms with van der Waals surface area (Å²) in [6.45, 7) is 5.87. The van der Waals surface area contributed by atoms with E-state index in [1.165, 1.54) is 31.4 Å². The van der Waals surface area contributed by atoms with Gasteiger partial charge in [0, 0.05) is 0 Å². The monoisotopic (exact) mass is 335 g/mol. The summed E-state index contributed by atoms with van der Waals surface area (Å²) in [5.74, 6) is -0.600. The maximum Gasteiger partial charge on any atom is 0.339 e. The molecule has 1 N–H and O–H groups in total. The van der Waals surface area contributed by atoms with Crippen molar-refractivity contribution in [3.8, 4) is 0 Å². The van der Waals surface area contributed by atoms with Crippen LogP contribution in [0.4, 0.5) is 5.69 Å². The predicted octanol–water partition coefficient (Wildman–Crippen LogP) is 3.61. The normalized spacial score (nSPS) is 10.3. The van der Waals surface area contributed by atoms with Gasteiger partial charge in [0.15, 0.2) is 0 Å². The number of anilines is 1. The number of benzene rings is 2. The highest BCUT2D eigenvalue weighted by Gasteiger charge is 2.18. The number of hydrogen-bond donors (Lipinski definition) is 1. The zero-order valence-electron chi connectivity index (χ0n) is 13.7. The first-order valence-corrected chi connectivity index (χ1v) is 8.69. The SMILES string of the molecule is CC.COC(=O)c1ccccc1NS(=O)(=O)c1ccc(C)cc1. The lowest BCUT2D eigenvalue weighted by atomic mass is 10.2. The Bertz CT molecular complexity index is 752. The number of esters is 1. The van der Waals surface area contributed by atoms with Crippen LogP contribution in [0.1, 0.15) is 29.8 Å². The fourth-order valence-corrected chi connectivity index (χ4v) is 2.86. The number of sulfonamides is 1. The number of carbonyl (C=O) groups is 1. The van der Waals surface area contributed by atoms with Crippen molar-refractivity contribution in [3.63, 3.8) is 0 Å². The Hall–Kier alpha value is -2.34. The molecule has 0 unspecified atom stereocenters. The molecule has 6 heteroatoms. The summed E-state index contributed by atoms with van der Waals surface area (Å²) in [5.41, 5.74) is 1.31. The third-order valence-electron chi connectivity index (χ3n) is 2.91. The molecule has 0 fully saturated rings. The number of rotatable bonds is 4. The molecule has 2 rings (SSSR count). The van der Waals surface area contributed by atoms with E-state index in [9.17, 15) is 13.2 Å². The number of nitrogens with one attached hydrogen (secondary N) is 1. The summed E-state index contributed by atoms with van der Waals surface area (Å²) >= 11 is 0. The fraction of sp³-hybridized carbons (Fsp3) is 0.235. The third-order valence-corrected chi connectivity index (χ3v) is 4.29. The maximum absolute atomic E-state index is 12.3. The molecule has 124 valence electrons. The summed E-state index contributed by atoms with van der Waals surface area (Å²) in [4.78, 5) is 11.8. The Kier molecular flexibility index (Phi) is 6.78. The van der Waals surface area contributed by atoms with Gasteiger partial charge in [-0.15, -0.1) is 0 Å². The highest BCUT2D eigenvalue weighted by Crippen LogP contribution is 2.21. The van der Waals surface area contributed by atoms with Crippen LogP contribution in [0.15, 0.2) is 53.4 Å². The van der Waals surface area contributed by atoms with E-state index in [-0.39, 0.29) is 16.1 Å². The predicted molar refractivity (Wildman–Crippen MR) is 91.1 cm³/mol. The van der Waals surface area contributed by atoms with Crippen LogP contribution in [-0.2, 0) is 14.8 Å². The molecular formula is C17H21NO4S. The van der Waals surface area contributed by atoms with Crippen molar-refractivity contribution in [2.75, 3.05) is 11.8 Å². The smallest absolute Gasteiger partial charge is 0.339 e. The summed E-state index contributed by atoms with van der Waals surface area (Å²) in [6, 6.07) is 12.7. The first-order valence-electron chi connectivity index (χ1n) is 7.21. The van der Waals surface area contributed by atoms with E-state index in [4.69, 9.17) is 0 Å². The average Bonchev–Trinajstić information content (AvgIpc) is 2.56. The number of carbonyl (C=O) groups excluding carboxylic acids is 1. The summed E-state index contributed by atoms with van der Waals surface area (Å²) < 4.78 is 31.7. The van der Waals surface area contributed by atoms with Crippen molar-refractivity contribution in [1.82, 2.24) is 0 Å². The van der Waals surface area contributed by atoms with E-state index in [2.05, 4.69) is 9.46 Å². The molecule has 0 spiro atoms. The minimum Gasteiger partial charge on any atom is -0.465 e. The van der Waals surface area contributed by atoms with Gasteiger partial charge in [-0.05, 0) is 31.2 Å². The molecular weight excluding hydrogens is 314 g/mol. The van der Waals surface area contributed by atoms with Crippen molar-refractivity contribution in [2.45, 2.75) is 25.7 Å². The van der Waals surface area contributed by atoms with Crippen molar-refractivity contribution >= 4 is 21.7 Å². The Morgan fingerprint density at radius 2 is 1.57 bits per heavy atom. The van der Waals surface area contributed by atoms with Crippen LogP contribution < -0.4 is 4.72 Å². The van der Waals surface area contributed by atoms with Crippen LogP contribution in [0.2, 0.25) is 0 Å². The summed E-state index contributed by atoms with van der Waals surface area (Å²) in [7, 11) is -2.51. The highest BCUT2D eigenvalue weighted by molar-refractivity contribution is 7.92. The van der Waals surface area contributed by atoms with Gasteiger partial charge in [0.25, 0.3) is 10.0 Å². The lowest BCUT2D eigenvalue weighted by Gasteiger charge is -2.11. The van der Waals surface area contributed by atoms with Crippen molar-refractivity contribution in [2.24, 2.45) is 0 Å². The molecule has 0 atom stereocenters. The van der Waals surface area contributed by atoms with Gasteiger partial charge in [-0.25, -0.2) is 13.2 Å². The molecule has 0 aromatic heterocycles. The number of para-hydroxylation sites is 1. The van der Waals surface area contributed by atoms with Crippen LogP contribution in [0, 0.1) is 6.92 Å². The van der Waals surface area contributed by atoms with Crippen LogP contribution in [-0.4, -0.2) is 21.5 Å². The third kappa shape index (κ3) is 4.82. The van der Waals surface area contributed by atoms with Crippen LogP contribution in [0.25, 0.3) is 0 Å². The molecule has 0 bridgehead atoms. The molecule has 0 amide bonds. The van der Waals surface area contributed by atoms with E-state index in [0.717, 1.165) is 5.56 Å². The first-order chi connectivity index (χ1) is 10.9. The van der Waals surface area contributed by atoms with Gasteiger partial charge in [0.05, 0.1) is 23.3 Å². The van der Waals surface area contributed by atoms with Crippen LogP contribution in [0.5, 0.6) is 0 Å². The van der Waals surface area contributed by atoms with Gasteiger partial charge in [-0.1, -0.05) is 43.7 Å². The molecule has 0 aliphatic carbocycles. The van der Waals surface area contributed by atoms with Crippen molar-refractivity contribution < 1.29 is 17.9 Å². The Morgan fingerprint density at radius 1 is 1.00 bits per heavy atom. The van der Waals surface area contributed by atoms with Gasteiger partial charge in [0.2, 0.25) is 0 Å². The lowest BCUT2D eigenvalue weighted by Crippen LogP contribution is -2.16. The molecule has 0 saturated heterocycles. The largest absolute Gasteiger partial charge is 0.465 e. The molecule has 2 aromatic carbocycles. The Labute approximate surface area is 137 Å². The van der Waals surface area contributed by atoms with E-state index in [0.29, 0.717) is 0 Å². The molecule has 0 heterocycles. The Balaban J connectivity index is 0.00000127. The van der Waals surface area contributed by atoms with Gasteiger partial charge in [0.1, 0.15) is 0 Å². The van der Waals surface area contributed by atoms with Crippen LogP contribution in [0.3, 0.4) is 0 Å². The minimum atomic E-state index is -3.75. The minimum absolute atomic E-state index is 0.132. The Morgan fingerprint density at radius 3 is 2.13 bits per heavy atom. The van der Waals surface area contributed by atoms with E-state index < -0.39 is 16.0 Å². The second-order valence-electron chi connectivity index (χ2n) is 4.46. The maximum atomic E-state index is 12.3. The zero-order valence-corrected chi connectivity index (χ0v) is 14.5. The second-order valence-corrected chi connectivity index (χ2v) is 6.14. The topological polar surface area (TPSA) is 72.5 Å². The highest BCUT2D eigenvalue weighted by atomic mass is 32.2. The fourth-order valence-electron chi connectivity index (χ4n) is 1.78. The molecule has 23 heavy (non-hydrogen) atoms. The van der Waals surface area contributed by atoms with Gasteiger partial charge in [-0.3, -0.25) is 4.72 Å². The van der Waals surface area contributed by atoms with E-state index >= 15 is 0 Å². The first kappa shape index (κ1) is 18.7. The number of aryl methyl sites for hydroxylation is 1. The number of hydrogen-bond acceptors (Lipinski definition) is 4. The molecule has 2 aromatic rings. The molecule has 0 aliphatic heterocycles. The molecule has 0 aliphatic rings. The standard InChI is InChI=1S/C15H15NO4S.C2H6/c1-11-7-9-12(10-8-11)21(18,19)16-14-6-4-3-5-13(14)15(17)20-2;1-2/h3-10,16H,1-2H3;1-2H3. The number of methoxy groups -OCH3 is 1. The van der Waals surface area contributed by atoms with Gasteiger partial charge >= 0.3 is 5.97 Å². The number of ether oxygens (including phenoxy) is 1. The lowest BCUT2D eigenvalue weighted by molar-refractivity contribution is 0.0602. The summed E-state index contributed by atoms with van der Waals surface area (Å²) in [5, 5.41) is 0. The van der Waals surface area contributed by atoms with E-state index in [1.54, 1.807) is 24.3 Å². The molecule has 5 nitrogen and oxygen atoms in total. The van der Waals surface area contributed by atoms with Gasteiger partial charge < -0.3 is 4.74 Å². The molecule has 0 radical (unpaired) electrons.